The first-order valence-corrected chi connectivity index (χ1v) is 8.80. The minimum absolute atomic E-state index is 0. The molecule has 1 heteroatoms. The Morgan fingerprint density at radius 3 is 1.52 bits per heavy atom. The molecule has 2 unspecified atom stereocenters. The van der Waals surface area contributed by atoms with E-state index in [1.165, 1.54) is 38.5 Å². The van der Waals surface area contributed by atoms with Crippen molar-refractivity contribution in [2.75, 3.05) is 0 Å². The number of rotatable bonds is 0. The predicted octanol–water partition coefficient (Wildman–Crippen LogP) is 5.59. The second-order valence-electron chi connectivity index (χ2n) is 7.08. The van der Waals surface area contributed by atoms with Crippen molar-refractivity contribution in [3.63, 3.8) is 0 Å². The van der Waals surface area contributed by atoms with Crippen molar-refractivity contribution < 1.29 is 26.2 Å². The van der Waals surface area contributed by atoms with Gasteiger partial charge in [0.1, 0.15) is 0 Å². The molecular formula is C22H22Zr. The van der Waals surface area contributed by atoms with Gasteiger partial charge < -0.3 is 0 Å². The van der Waals surface area contributed by atoms with E-state index in [-0.39, 0.29) is 26.2 Å². The van der Waals surface area contributed by atoms with Crippen LogP contribution in [0.5, 0.6) is 0 Å². The SMILES string of the molecule is C1=CC2CC[C-]1C1=CCC=C12.C1=CC2CC[C-]1C1=CCC=C12.[Zr+2]. The summed E-state index contributed by atoms with van der Waals surface area (Å²) < 4.78 is 0. The maximum Gasteiger partial charge on any atom is 2.00 e. The van der Waals surface area contributed by atoms with Gasteiger partial charge in [0, 0.05) is 0 Å². The molecule has 0 aromatic carbocycles. The Morgan fingerprint density at radius 2 is 1.17 bits per heavy atom. The molecule has 0 aromatic heterocycles. The molecule has 0 radical (unpaired) electrons. The van der Waals surface area contributed by atoms with Crippen molar-refractivity contribution in [2.24, 2.45) is 11.8 Å². The summed E-state index contributed by atoms with van der Waals surface area (Å²) in [6.45, 7) is 0. The number of hydrogen-bond acceptors (Lipinski definition) is 0. The fourth-order valence-electron chi connectivity index (χ4n) is 4.81. The van der Waals surface area contributed by atoms with Gasteiger partial charge >= 0.3 is 26.2 Å². The topological polar surface area (TPSA) is 0 Å². The van der Waals surface area contributed by atoms with E-state index in [1.807, 2.05) is 0 Å². The van der Waals surface area contributed by atoms with E-state index in [1.54, 1.807) is 34.1 Å². The molecule has 2 fully saturated rings. The molecule has 2 saturated carbocycles. The molecule has 0 saturated heterocycles. The van der Waals surface area contributed by atoms with Crippen LogP contribution in [-0.2, 0) is 26.2 Å². The van der Waals surface area contributed by atoms with E-state index in [9.17, 15) is 0 Å². The Bertz CT molecular complexity index is 567. The number of hydrogen-bond donors (Lipinski definition) is 0. The molecule has 23 heavy (non-hydrogen) atoms. The maximum atomic E-state index is 2.39. The molecular weight excluding hydrogens is 355 g/mol. The second kappa shape index (κ2) is 6.17. The van der Waals surface area contributed by atoms with Crippen molar-refractivity contribution in [1.82, 2.24) is 0 Å². The van der Waals surface area contributed by atoms with Crippen LogP contribution in [0, 0.1) is 23.7 Å². The molecule has 114 valence electrons. The fourth-order valence-corrected chi connectivity index (χ4v) is 4.81. The van der Waals surface area contributed by atoms with Gasteiger partial charge in [0.25, 0.3) is 0 Å². The Hall–Kier alpha value is -0.937. The van der Waals surface area contributed by atoms with E-state index in [0.717, 1.165) is 11.8 Å². The van der Waals surface area contributed by atoms with E-state index < -0.39 is 0 Å². The van der Waals surface area contributed by atoms with E-state index in [0.29, 0.717) is 0 Å². The summed E-state index contributed by atoms with van der Waals surface area (Å²) in [4.78, 5) is 0. The van der Waals surface area contributed by atoms with E-state index >= 15 is 0 Å². The summed E-state index contributed by atoms with van der Waals surface area (Å²) in [7, 11) is 0. The third kappa shape index (κ3) is 2.52. The van der Waals surface area contributed by atoms with Crippen LogP contribution in [0.15, 0.2) is 70.9 Å². The average Bonchev–Trinajstić information content (AvgIpc) is 3.29. The fraction of sp³-hybridized carbons (Fsp3) is 0.364. The van der Waals surface area contributed by atoms with Crippen LogP contribution in [0.1, 0.15) is 38.5 Å². The zero-order chi connectivity index (χ0) is 14.5. The molecule has 0 spiro atoms. The quantitative estimate of drug-likeness (QED) is 0.483. The monoisotopic (exact) mass is 376 g/mol. The molecule has 8 aliphatic carbocycles. The summed E-state index contributed by atoms with van der Waals surface area (Å²) in [6, 6.07) is 0. The molecule has 8 rings (SSSR count). The standard InChI is InChI=1S/2C11H11.Zr/c2*1-2-10-8-4-6-9(7-5-8)11(10)3-1;/h2*2-4,6,8H,1,5,7H2;/q2*-1;+2. The zero-order valence-electron chi connectivity index (χ0n) is 13.5. The molecule has 0 heterocycles. The zero-order valence-corrected chi connectivity index (χ0v) is 16.0. The largest absolute Gasteiger partial charge is 2.00 e. The van der Waals surface area contributed by atoms with Gasteiger partial charge in [0.05, 0.1) is 0 Å². The van der Waals surface area contributed by atoms with Crippen LogP contribution in [0.25, 0.3) is 0 Å². The molecule has 0 nitrogen and oxygen atoms in total. The predicted molar refractivity (Wildman–Crippen MR) is 91.8 cm³/mol. The van der Waals surface area contributed by atoms with E-state index in [2.05, 4.69) is 48.6 Å². The molecule has 0 N–H and O–H groups in total. The minimum Gasteiger partial charge on any atom is -0.156 e. The van der Waals surface area contributed by atoms with Crippen LogP contribution in [0.3, 0.4) is 0 Å². The second-order valence-corrected chi connectivity index (χ2v) is 7.08. The first-order chi connectivity index (χ1) is 10.9. The molecule has 4 bridgehead atoms. The van der Waals surface area contributed by atoms with E-state index in [4.69, 9.17) is 0 Å². The minimum atomic E-state index is 0. The molecule has 2 atom stereocenters. The normalized spacial score (nSPS) is 30.6. The summed E-state index contributed by atoms with van der Waals surface area (Å²) in [6.07, 6.45) is 26.6. The number of fused-ring (bicyclic) bond motifs is 2. The Labute approximate surface area is 158 Å². The van der Waals surface area contributed by atoms with Gasteiger partial charge in [0.15, 0.2) is 0 Å². The average molecular weight is 378 g/mol. The Balaban J connectivity index is 0.000000113. The van der Waals surface area contributed by atoms with Crippen molar-refractivity contribution in [3.8, 4) is 0 Å². The van der Waals surface area contributed by atoms with Crippen LogP contribution in [-0.4, -0.2) is 0 Å². The van der Waals surface area contributed by atoms with Crippen LogP contribution < -0.4 is 0 Å². The summed E-state index contributed by atoms with van der Waals surface area (Å²) in [5.41, 5.74) is 6.38. The van der Waals surface area contributed by atoms with Crippen molar-refractivity contribution in [3.05, 3.63) is 82.7 Å². The molecule has 8 aliphatic rings. The van der Waals surface area contributed by atoms with Gasteiger partial charge in [-0.25, -0.2) is 0 Å². The van der Waals surface area contributed by atoms with Gasteiger partial charge in [-0.2, -0.15) is 24.3 Å². The molecule has 0 amide bonds. The number of allylic oxidation sites excluding steroid dienone is 12. The van der Waals surface area contributed by atoms with Crippen LogP contribution in [0.4, 0.5) is 0 Å². The van der Waals surface area contributed by atoms with Crippen LogP contribution in [0.2, 0.25) is 0 Å². The van der Waals surface area contributed by atoms with Gasteiger partial charge in [0.2, 0.25) is 0 Å². The smallest absolute Gasteiger partial charge is 0.156 e. The van der Waals surface area contributed by atoms with Gasteiger partial charge in [-0.05, 0) is 0 Å². The first-order valence-electron chi connectivity index (χ1n) is 8.80. The third-order valence-electron chi connectivity index (χ3n) is 5.94. The van der Waals surface area contributed by atoms with Crippen molar-refractivity contribution >= 4 is 0 Å². The Kier molecular flexibility index (Phi) is 4.18. The maximum absolute atomic E-state index is 2.39. The van der Waals surface area contributed by atoms with Gasteiger partial charge in [-0.15, -0.1) is 58.4 Å². The molecule has 0 aromatic rings. The van der Waals surface area contributed by atoms with Gasteiger partial charge in [-0.1, -0.05) is 50.4 Å². The summed E-state index contributed by atoms with van der Waals surface area (Å²) >= 11 is 0. The van der Waals surface area contributed by atoms with Gasteiger partial charge in [-0.3, -0.25) is 0 Å². The van der Waals surface area contributed by atoms with Crippen molar-refractivity contribution in [1.29, 1.82) is 0 Å². The third-order valence-corrected chi connectivity index (χ3v) is 5.94. The summed E-state index contributed by atoms with van der Waals surface area (Å²) in [5, 5.41) is 0. The van der Waals surface area contributed by atoms with Crippen LogP contribution >= 0.6 is 0 Å². The Morgan fingerprint density at radius 1 is 0.696 bits per heavy atom. The van der Waals surface area contributed by atoms with Crippen molar-refractivity contribution in [2.45, 2.75) is 38.5 Å². The molecule has 0 aliphatic heterocycles. The first kappa shape index (κ1) is 15.6. The summed E-state index contributed by atoms with van der Waals surface area (Å²) in [5.74, 6) is 4.69.